The topological polar surface area (TPSA) is 75.0 Å². The van der Waals surface area contributed by atoms with Crippen LogP contribution in [0.25, 0.3) is 0 Å². The molecule has 0 aliphatic heterocycles. The van der Waals surface area contributed by atoms with Crippen LogP contribution in [0.5, 0.6) is 0 Å². The Hall–Kier alpha value is -1.50. The average molecular weight is 289 g/mol. The molecule has 2 saturated carbocycles. The van der Waals surface area contributed by atoms with Crippen LogP contribution in [0.15, 0.2) is 0 Å². The van der Waals surface area contributed by atoms with Crippen molar-refractivity contribution in [3.05, 3.63) is 0 Å². The second-order valence-corrected chi connectivity index (χ2v) is 6.65. The minimum absolute atomic E-state index is 0.116. The summed E-state index contributed by atoms with van der Waals surface area (Å²) < 4.78 is 0. The van der Waals surface area contributed by atoms with Crippen LogP contribution >= 0.6 is 0 Å². The summed E-state index contributed by atoms with van der Waals surface area (Å²) in [5.74, 6) is 0.685. The van der Waals surface area contributed by atoms with Gasteiger partial charge < -0.3 is 0 Å². The van der Waals surface area contributed by atoms with Crippen LogP contribution in [-0.4, -0.2) is 17.3 Å². The Morgan fingerprint density at radius 2 is 2.10 bits per heavy atom. The molecule has 0 heterocycles. The lowest BCUT2D eigenvalue weighted by Crippen LogP contribution is -2.42. The zero-order valence-corrected chi connectivity index (χ0v) is 12.7. The molecule has 3 unspecified atom stereocenters. The molecule has 0 aromatic carbocycles. The molecule has 114 valence electrons. The van der Waals surface area contributed by atoms with Crippen molar-refractivity contribution in [2.45, 2.75) is 64.7 Å². The van der Waals surface area contributed by atoms with Gasteiger partial charge in [-0.3, -0.25) is 14.4 Å². The monoisotopic (exact) mass is 289 g/mol. The predicted octanol–water partition coefficient (Wildman–Crippen LogP) is 2.99. The third-order valence-electron chi connectivity index (χ3n) is 5.41. The van der Waals surface area contributed by atoms with Crippen molar-refractivity contribution in [3.8, 4) is 6.07 Å². The van der Waals surface area contributed by atoms with Crippen LogP contribution in [0.2, 0.25) is 0 Å². The molecule has 2 aliphatic rings. The van der Waals surface area contributed by atoms with Crippen molar-refractivity contribution in [1.82, 2.24) is 0 Å². The highest BCUT2D eigenvalue weighted by Gasteiger charge is 2.53. The Morgan fingerprint density at radius 1 is 1.33 bits per heavy atom. The van der Waals surface area contributed by atoms with E-state index in [1.807, 2.05) is 13.0 Å². The van der Waals surface area contributed by atoms with Crippen LogP contribution in [0.3, 0.4) is 0 Å². The lowest BCUT2D eigenvalue weighted by Gasteiger charge is -2.39. The number of carbonyl (C=O) groups is 3. The summed E-state index contributed by atoms with van der Waals surface area (Å²) in [5.41, 5.74) is -0.331. The average Bonchev–Trinajstić information content (AvgIpc) is 2.75. The molecule has 0 bridgehead atoms. The van der Waals surface area contributed by atoms with Crippen molar-refractivity contribution in [3.63, 3.8) is 0 Å². The molecule has 4 nitrogen and oxygen atoms in total. The Morgan fingerprint density at radius 3 is 2.81 bits per heavy atom. The van der Waals surface area contributed by atoms with Crippen LogP contribution in [0.4, 0.5) is 0 Å². The highest BCUT2D eigenvalue weighted by Crippen LogP contribution is 2.52. The minimum Gasteiger partial charge on any atom is -0.300 e. The van der Waals surface area contributed by atoms with Gasteiger partial charge in [0.1, 0.15) is 17.3 Å². The Balaban J connectivity index is 1.92. The normalized spacial score (nSPS) is 31.8. The number of fused-ring (bicyclic) bond motifs is 1. The fraction of sp³-hybridized carbons (Fsp3) is 0.765. The maximum atomic E-state index is 12.2. The SMILES string of the molecule is CC12CCC(=O)C(CCC(=O)CCCC#N)C1CCC2=O. The molecular formula is C17H23NO3. The summed E-state index contributed by atoms with van der Waals surface area (Å²) in [6.07, 6.45) is 4.97. The van der Waals surface area contributed by atoms with Gasteiger partial charge in [-0.15, -0.1) is 0 Å². The predicted molar refractivity (Wildman–Crippen MR) is 77.3 cm³/mol. The van der Waals surface area contributed by atoms with Gasteiger partial charge in [0.2, 0.25) is 0 Å². The van der Waals surface area contributed by atoms with Crippen LogP contribution < -0.4 is 0 Å². The molecule has 21 heavy (non-hydrogen) atoms. The first kappa shape index (κ1) is 15.9. The molecule has 0 spiro atoms. The molecule has 4 heteroatoms. The summed E-state index contributed by atoms with van der Waals surface area (Å²) in [7, 11) is 0. The maximum absolute atomic E-state index is 12.2. The summed E-state index contributed by atoms with van der Waals surface area (Å²) in [6, 6.07) is 2.03. The smallest absolute Gasteiger partial charge is 0.139 e. The molecule has 0 aromatic heterocycles. The highest BCUT2D eigenvalue weighted by atomic mass is 16.1. The van der Waals surface area contributed by atoms with Gasteiger partial charge >= 0.3 is 0 Å². The van der Waals surface area contributed by atoms with E-state index in [0.717, 1.165) is 6.42 Å². The van der Waals surface area contributed by atoms with E-state index in [9.17, 15) is 14.4 Å². The zero-order chi connectivity index (χ0) is 15.5. The summed E-state index contributed by atoms with van der Waals surface area (Å²) in [4.78, 5) is 36.1. The van der Waals surface area contributed by atoms with Crippen LogP contribution in [-0.2, 0) is 14.4 Å². The van der Waals surface area contributed by atoms with Gasteiger partial charge in [-0.1, -0.05) is 6.92 Å². The van der Waals surface area contributed by atoms with Crippen molar-refractivity contribution in [1.29, 1.82) is 5.26 Å². The van der Waals surface area contributed by atoms with Crippen LogP contribution in [0, 0.1) is 28.6 Å². The standard InChI is InChI=1S/C17H23NO3/c1-17-10-9-15(20)13(14(17)7-8-16(17)21)6-5-12(19)4-2-3-11-18/h13-14H,2-10H2,1H3. The van der Waals surface area contributed by atoms with Gasteiger partial charge in [-0.2, -0.15) is 5.26 Å². The van der Waals surface area contributed by atoms with Gasteiger partial charge in [0.05, 0.1) is 6.07 Å². The van der Waals surface area contributed by atoms with Gasteiger partial charge in [0, 0.05) is 43.4 Å². The number of nitrogens with zero attached hydrogens (tertiary/aromatic N) is 1. The fourth-order valence-electron chi connectivity index (χ4n) is 4.03. The molecule has 3 atom stereocenters. The lowest BCUT2D eigenvalue weighted by molar-refractivity contribution is -0.137. The first-order valence-electron chi connectivity index (χ1n) is 7.93. The van der Waals surface area contributed by atoms with E-state index < -0.39 is 0 Å². The first-order chi connectivity index (χ1) is 9.99. The highest BCUT2D eigenvalue weighted by molar-refractivity contribution is 5.92. The second kappa shape index (κ2) is 6.51. The summed E-state index contributed by atoms with van der Waals surface area (Å²) >= 11 is 0. The van der Waals surface area contributed by atoms with Gasteiger partial charge in [0.25, 0.3) is 0 Å². The molecular weight excluding hydrogens is 266 g/mol. The van der Waals surface area contributed by atoms with E-state index in [1.165, 1.54) is 0 Å². The molecule has 0 aromatic rings. The Kier molecular flexibility index (Phi) is 4.92. The van der Waals surface area contributed by atoms with E-state index in [1.54, 1.807) is 0 Å². The molecule has 2 fully saturated rings. The number of rotatable bonds is 6. The zero-order valence-electron chi connectivity index (χ0n) is 12.7. The van der Waals surface area contributed by atoms with Gasteiger partial charge in [-0.05, 0) is 31.6 Å². The Bertz CT molecular complexity index is 491. The number of carbonyl (C=O) groups excluding carboxylic acids is 3. The van der Waals surface area contributed by atoms with E-state index in [2.05, 4.69) is 0 Å². The van der Waals surface area contributed by atoms with Crippen molar-refractivity contribution in [2.24, 2.45) is 17.3 Å². The molecule has 0 radical (unpaired) electrons. The van der Waals surface area contributed by atoms with E-state index in [4.69, 9.17) is 5.26 Å². The van der Waals surface area contributed by atoms with E-state index in [0.29, 0.717) is 57.1 Å². The van der Waals surface area contributed by atoms with Gasteiger partial charge in [0.15, 0.2) is 0 Å². The number of unbranched alkanes of at least 4 members (excludes halogenated alkanes) is 1. The number of nitriles is 1. The molecule has 0 N–H and O–H groups in total. The number of hydrogen-bond acceptors (Lipinski definition) is 4. The lowest BCUT2D eigenvalue weighted by atomic mass is 9.62. The largest absolute Gasteiger partial charge is 0.300 e. The number of hydrogen-bond donors (Lipinski definition) is 0. The van der Waals surface area contributed by atoms with Crippen molar-refractivity contribution >= 4 is 17.3 Å². The van der Waals surface area contributed by atoms with E-state index in [-0.39, 0.29) is 28.8 Å². The van der Waals surface area contributed by atoms with E-state index >= 15 is 0 Å². The molecule has 0 saturated heterocycles. The number of Topliss-reactive ketones (excluding diaryl/α,β-unsaturated/α-hetero) is 3. The van der Waals surface area contributed by atoms with Gasteiger partial charge in [-0.25, -0.2) is 0 Å². The third-order valence-corrected chi connectivity index (χ3v) is 5.41. The van der Waals surface area contributed by atoms with Crippen molar-refractivity contribution < 1.29 is 14.4 Å². The molecule has 0 amide bonds. The summed E-state index contributed by atoms with van der Waals surface area (Å²) in [6.45, 7) is 2.00. The molecule has 2 rings (SSSR count). The summed E-state index contributed by atoms with van der Waals surface area (Å²) in [5, 5.41) is 8.47. The third kappa shape index (κ3) is 3.23. The quantitative estimate of drug-likeness (QED) is 0.704. The van der Waals surface area contributed by atoms with Crippen LogP contribution in [0.1, 0.15) is 64.7 Å². The Labute approximate surface area is 125 Å². The number of ketones is 3. The molecule has 2 aliphatic carbocycles. The fourth-order valence-corrected chi connectivity index (χ4v) is 4.03. The van der Waals surface area contributed by atoms with Crippen molar-refractivity contribution in [2.75, 3.05) is 0 Å². The minimum atomic E-state index is -0.331. The second-order valence-electron chi connectivity index (χ2n) is 6.65. The first-order valence-corrected chi connectivity index (χ1v) is 7.93. The maximum Gasteiger partial charge on any atom is 0.139 e.